The van der Waals surface area contributed by atoms with Crippen LogP contribution in [-0.2, 0) is 32.8 Å². The number of aliphatic hydroxyl groups is 1. The smallest absolute Gasteiger partial charge is 0.416 e. The maximum Gasteiger partial charge on any atom is 0.416 e. The third kappa shape index (κ3) is 6.92. The van der Waals surface area contributed by atoms with Crippen LogP contribution in [0.1, 0.15) is 73.5 Å². The molecule has 2 aromatic heterocycles. The number of nitrogens with zero attached hydrogens (tertiary/aromatic N) is 5. The Morgan fingerprint density at radius 2 is 1.93 bits per heavy atom. The summed E-state index contributed by atoms with van der Waals surface area (Å²) in [5.41, 5.74) is -0.374. The minimum atomic E-state index is -3.25. The minimum absolute atomic E-state index is 0.0540. The number of fused-ring (bicyclic) bond motifs is 2. The van der Waals surface area contributed by atoms with Crippen molar-refractivity contribution < 1.29 is 42.7 Å². The van der Waals surface area contributed by atoms with Crippen molar-refractivity contribution in [3.63, 3.8) is 0 Å². The van der Waals surface area contributed by atoms with Crippen molar-refractivity contribution in [1.82, 2.24) is 19.7 Å². The van der Waals surface area contributed by atoms with Crippen LogP contribution in [0.25, 0.3) is 11.0 Å². The summed E-state index contributed by atoms with van der Waals surface area (Å²) in [7, 11) is -3.25. The zero-order chi connectivity index (χ0) is 32.0. The summed E-state index contributed by atoms with van der Waals surface area (Å²) in [5, 5.41) is 14.9. The summed E-state index contributed by atoms with van der Waals surface area (Å²) in [6.07, 6.45) is 1.94. The van der Waals surface area contributed by atoms with Crippen molar-refractivity contribution in [2.45, 2.75) is 115 Å². The fraction of sp³-hybridized carbons (Fsp3) is 0.786. The van der Waals surface area contributed by atoms with Crippen LogP contribution >= 0.6 is 19.0 Å². The van der Waals surface area contributed by atoms with Gasteiger partial charge in [-0.25, -0.2) is 9.48 Å². The van der Waals surface area contributed by atoms with Crippen LogP contribution in [0.5, 0.6) is 0 Å². The average Bonchev–Trinajstić information content (AvgIpc) is 3.68. The highest BCUT2D eigenvalue weighted by Gasteiger charge is 2.57. The van der Waals surface area contributed by atoms with E-state index in [2.05, 4.69) is 15.1 Å². The van der Waals surface area contributed by atoms with Crippen molar-refractivity contribution in [2.24, 2.45) is 0 Å². The Balaban J connectivity index is 1.48. The first-order chi connectivity index (χ1) is 20.6. The highest BCUT2D eigenvalue weighted by Crippen LogP contribution is 2.49. The molecule has 0 bridgehead atoms. The first-order valence-corrected chi connectivity index (χ1v) is 17.5. The number of aromatic nitrogens is 4. The van der Waals surface area contributed by atoms with Crippen LogP contribution in [-0.4, -0.2) is 99.0 Å². The predicted octanol–water partition coefficient (Wildman–Crippen LogP) is 4.86. The lowest BCUT2D eigenvalue weighted by Gasteiger charge is -2.31. The van der Waals surface area contributed by atoms with Gasteiger partial charge in [-0.3, -0.25) is 9.46 Å². The standard InChI is InChI=1S/C28H43ClN5O9P/c1-8-39-44(7,37)19(14-35)38-15-18-20-21(42-28(5,6)41-20)24(40-18)34-23-17(13-30-34)22(31-25(29)32-23)33(16-11-9-10-12-16)26(36)43-27(2,3)4/h13,16,18-21,24,35H,8-12,14-15H2,1-7H3/t18-,19+,20-,21-,24-,44?/m1/s1. The molecule has 3 fully saturated rings. The second-order valence-corrected chi connectivity index (χ2v) is 15.8. The van der Waals surface area contributed by atoms with E-state index in [4.69, 9.17) is 39.8 Å². The van der Waals surface area contributed by atoms with Crippen molar-refractivity contribution >= 4 is 41.9 Å². The van der Waals surface area contributed by atoms with E-state index in [0.717, 1.165) is 25.7 Å². The molecule has 2 aliphatic heterocycles. The summed E-state index contributed by atoms with van der Waals surface area (Å²) >= 11 is 6.48. The van der Waals surface area contributed by atoms with Crippen LogP contribution < -0.4 is 4.90 Å². The molecule has 1 unspecified atom stereocenters. The topological polar surface area (TPSA) is 157 Å². The van der Waals surface area contributed by atoms with Gasteiger partial charge in [-0.1, -0.05) is 12.8 Å². The van der Waals surface area contributed by atoms with E-state index in [1.54, 1.807) is 36.5 Å². The molecule has 4 heterocycles. The van der Waals surface area contributed by atoms with E-state index in [9.17, 15) is 14.5 Å². The number of hydrogen-bond donors (Lipinski definition) is 1. The molecule has 44 heavy (non-hydrogen) atoms. The molecule has 246 valence electrons. The molecule has 3 aliphatic rings. The van der Waals surface area contributed by atoms with Crippen molar-refractivity contribution in [3.05, 3.63) is 11.5 Å². The molecule has 14 nitrogen and oxygen atoms in total. The van der Waals surface area contributed by atoms with Crippen LogP contribution in [0.4, 0.5) is 10.6 Å². The third-order valence-corrected chi connectivity index (χ3v) is 10.1. The molecule has 6 atom stereocenters. The molecular weight excluding hydrogens is 617 g/mol. The van der Waals surface area contributed by atoms with E-state index in [-0.39, 0.29) is 24.5 Å². The van der Waals surface area contributed by atoms with E-state index < -0.39 is 61.8 Å². The number of amides is 1. The molecule has 1 aliphatic carbocycles. The van der Waals surface area contributed by atoms with Gasteiger partial charge >= 0.3 is 6.09 Å². The SMILES string of the molecule is CCOP(C)(=O)[C@@H](CO)OC[C@H]1O[C@@H](n2ncc3c(N(C(=O)OC(C)(C)C)C4CCCC4)nc(Cl)nc32)[C@@H]2OC(C)(C)O[C@@H]21. The van der Waals surface area contributed by atoms with Gasteiger partial charge < -0.3 is 33.3 Å². The largest absolute Gasteiger partial charge is 0.443 e. The normalized spacial score (nSPS) is 27.4. The molecule has 0 spiro atoms. The number of carbonyl (C=O) groups is 1. The van der Waals surface area contributed by atoms with Crippen LogP contribution in [0.3, 0.4) is 0 Å². The van der Waals surface area contributed by atoms with E-state index >= 15 is 0 Å². The fourth-order valence-corrected chi connectivity index (χ4v) is 7.50. The quantitative estimate of drug-likeness (QED) is 0.273. The average molecular weight is 660 g/mol. The lowest BCUT2D eigenvalue weighted by atomic mass is 10.1. The minimum Gasteiger partial charge on any atom is -0.443 e. The van der Waals surface area contributed by atoms with Gasteiger partial charge in [-0.2, -0.15) is 15.1 Å². The second kappa shape index (κ2) is 12.7. The van der Waals surface area contributed by atoms with E-state index in [1.807, 2.05) is 20.8 Å². The van der Waals surface area contributed by atoms with Gasteiger partial charge in [0.15, 0.2) is 29.3 Å². The lowest BCUT2D eigenvalue weighted by Crippen LogP contribution is -2.43. The number of anilines is 1. The van der Waals surface area contributed by atoms with Crippen molar-refractivity contribution in [3.8, 4) is 0 Å². The maximum atomic E-state index is 13.5. The third-order valence-electron chi connectivity index (χ3n) is 7.80. The van der Waals surface area contributed by atoms with Crippen molar-refractivity contribution in [2.75, 3.05) is 31.4 Å². The molecule has 1 N–H and O–H groups in total. The Kier molecular flexibility index (Phi) is 9.67. The Morgan fingerprint density at radius 3 is 2.57 bits per heavy atom. The number of rotatable bonds is 10. The first kappa shape index (κ1) is 33.5. The predicted molar refractivity (Wildman–Crippen MR) is 161 cm³/mol. The monoisotopic (exact) mass is 659 g/mol. The Hall–Kier alpha value is -1.90. The molecular formula is C28H43ClN5O9P. The highest BCUT2D eigenvalue weighted by atomic mass is 35.5. The molecule has 1 amide bonds. The van der Waals surface area contributed by atoms with Gasteiger partial charge in [0, 0.05) is 12.7 Å². The van der Waals surface area contributed by atoms with Gasteiger partial charge in [0.05, 0.1) is 31.4 Å². The van der Waals surface area contributed by atoms with Gasteiger partial charge in [0.2, 0.25) is 12.7 Å². The Bertz CT molecular complexity index is 1400. The highest BCUT2D eigenvalue weighted by molar-refractivity contribution is 7.58. The van der Waals surface area contributed by atoms with Gasteiger partial charge in [0.1, 0.15) is 23.9 Å². The summed E-state index contributed by atoms with van der Waals surface area (Å²) in [6, 6.07) is -0.117. The second-order valence-electron chi connectivity index (χ2n) is 12.9. The summed E-state index contributed by atoms with van der Waals surface area (Å²) in [4.78, 5) is 24.1. The zero-order valence-electron chi connectivity index (χ0n) is 26.3. The molecule has 16 heteroatoms. The molecule has 1 saturated carbocycles. The molecule has 2 saturated heterocycles. The number of hydrogen-bond acceptors (Lipinski definition) is 12. The Morgan fingerprint density at radius 1 is 1.25 bits per heavy atom. The number of halogens is 1. The van der Waals surface area contributed by atoms with Crippen LogP contribution in [0.2, 0.25) is 5.28 Å². The molecule has 2 aromatic rings. The van der Waals surface area contributed by atoms with Crippen molar-refractivity contribution in [1.29, 1.82) is 0 Å². The van der Waals surface area contributed by atoms with Gasteiger partial charge in [-0.05, 0) is 66.0 Å². The van der Waals surface area contributed by atoms with Gasteiger partial charge in [0.25, 0.3) is 0 Å². The van der Waals surface area contributed by atoms with E-state index in [0.29, 0.717) is 16.9 Å². The van der Waals surface area contributed by atoms with Gasteiger partial charge in [-0.15, -0.1) is 0 Å². The summed E-state index contributed by atoms with van der Waals surface area (Å²) in [6.45, 7) is 11.9. The van der Waals surface area contributed by atoms with Crippen LogP contribution in [0, 0.1) is 0 Å². The summed E-state index contributed by atoms with van der Waals surface area (Å²) < 4.78 is 50.4. The molecule has 0 radical (unpaired) electrons. The zero-order valence-corrected chi connectivity index (χ0v) is 27.9. The number of aliphatic hydroxyl groups excluding tert-OH is 1. The number of carbonyl (C=O) groups excluding carboxylic acids is 1. The molecule has 5 rings (SSSR count). The van der Waals surface area contributed by atoms with Crippen LogP contribution in [0.15, 0.2) is 6.20 Å². The van der Waals surface area contributed by atoms with E-state index in [1.165, 1.54) is 6.66 Å². The number of ether oxygens (including phenoxy) is 5. The summed E-state index contributed by atoms with van der Waals surface area (Å²) in [5.74, 6) is -1.66. The lowest BCUT2D eigenvalue weighted by molar-refractivity contribution is -0.203. The fourth-order valence-electron chi connectivity index (χ4n) is 6.01. The maximum absolute atomic E-state index is 13.5. The Labute approximate surface area is 262 Å². The molecule has 0 aromatic carbocycles. The first-order valence-electron chi connectivity index (χ1n) is 15.0.